The summed E-state index contributed by atoms with van der Waals surface area (Å²) in [5, 5.41) is 4.66. The summed E-state index contributed by atoms with van der Waals surface area (Å²) in [5.74, 6) is -1.13. The predicted molar refractivity (Wildman–Crippen MR) is 112 cm³/mol. The Balaban J connectivity index is 1.40. The number of urea groups is 1. The Morgan fingerprint density at radius 3 is 1.91 bits per heavy atom. The highest BCUT2D eigenvalue weighted by Crippen LogP contribution is 2.30. The Bertz CT molecular complexity index is 944. The molecule has 168 valence electrons. The predicted octanol–water partition coefficient (Wildman–Crippen LogP) is 2.19. The highest BCUT2D eigenvalue weighted by molar-refractivity contribution is 6.04. The number of nitrogens with one attached hydrogen (secondary N) is 2. The maximum atomic E-state index is 13.5. The summed E-state index contributed by atoms with van der Waals surface area (Å²) in [6.07, 6.45) is 0.419. The largest absolute Gasteiger partial charge is 0.340 e. The number of nitrogens with zero attached hydrogens (tertiary/aromatic N) is 2. The number of carbonyl (C=O) groups is 3. The van der Waals surface area contributed by atoms with Gasteiger partial charge in [0, 0.05) is 32.6 Å². The molecule has 2 fully saturated rings. The lowest BCUT2D eigenvalue weighted by molar-refractivity contribution is -0.133. The fourth-order valence-corrected chi connectivity index (χ4v) is 4.22. The summed E-state index contributed by atoms with van der Waals surface area (Å²) in [5.41, 5.74) is 1.78. The van der Waals surface area contributed by atoms with Gasteiger partial charge in [0.25, 0.3) is 5.91 Å². The lowest BCUT2D eigenvalue weighted by Gasteiger charge is -2.40. The third kappa shape index (κ3) is 4.94. The molecule has 2 saturated heterocycles. The molecule has 2 aliphatic heterocycles. The van der Waals surface area contributed by atoms with Gasteiger partial charge in [0.1, 0.15) is 17.7 Å². The molecule has 2 heterocycles. The van der Waals surface area contributed by atoms with E-state index in [1.807, 2.05) is 0 Å². The molecule has 7 nitrogen and oxygen atoms in total. The van der Waals surface area contributed by atoms with E-state index < -0.39 is 18.0 Å². The van der Waals surface area contributed by atoms with E-state index in [1.165, 1.54) is 24.3 Å². The molecule has 2 aromatic rings. The number of amides is 4. The van der Waals surface area contributed by atoms with E-state index in [-0.39, 0.29) is 36.4 Å². The average molecular weight is 442 g/mol. The summed E-state index contributed by atoms with van der Waals surface area (Å²) in [4.78, 5) is 39.4. The van der Waals surface area contributed by atoms with Crippen LogP contribution in [-0.2, 0) is 9.59 Å². The molecule has 4 amide bonds. The molecule has 1 atom stereocenters. The zero-order valence-electron chi connectivity index (χ0n) is 17.4. The summed E-state index contributed by atoms with van der Waals surface area (Å²) >= 11 is 0. The van der Waals surface area contributed by atoms with E-state index in [0.29, 0.717) is 26.2 Å². The van der Waals surface area contributed by atoms with Crippen LogP contribution in [0.15, 0.2) is 48.5 Å². The third-order valence-corrected chi connectivity index (χ3v) is 5.91. The molecule has 2 N–H and O–H groups in total. The zero-order valence-corrected chi connectivity index (χ0v) is 17.4. The first-order chi connectivity index (χ1) is 15.4. The Morgan fingerprint density at radius 1 is 0.906 bits per heavy atom. The van der Waals surface area contributed by atoms with Crippen molar-refractivity contribution in [1.82, 2.24) is 20.4 Å². The monoisotopic (exact) mass is 442 g/mol. The molecule has 0 saturated carbocycles. The zero-order chi connectivity index (χ0) is 22.7. The van der Waals surface area contributed by atoms with Gasteiger partial charge in [-0.3, -0.25) is 19.8 Å². The van der Waals surface area contributed by atoms with Gasteiger partial charge in [0.2, 0.25) is 5.91 Å². The van der Waals surface area contributed by atoms with Gasteiger partial charge in [0.15, 0.2) is 0 Å². The van der Waals surface area contributed by atoms with Gasteiger partial charge in [-0.2, -0.15) is 0 Å². The molecule has 0 aliphatic carbocycles. The third-order valence-electron chi connectivity index (χ3n) is 5.91. The molecule has 0 radical (unpaired) electrons. The second-order valence-corrected chi connectivity index (χ2v) is 7.98. The van der Waals surface area contributed by atoms with E-state index in [9.17, 15) is 23.2 Å². The van der Waals surface area contributed by atoms with Crippen LogP contribution in [0.2, 0.25) is 0 Å². The Labute approximate surface area is 184 Å². The standard InChI is InChI=1S/C23H24F2N4O3/c24-17-5-1-15(2-6-17)21(16-3-7-18(25)8-4-16)29-13-11-28(12-14-29)20(30)10-9-19-22(31)27-23(32)26-19/h1-8,19,21H,9-14H2,(H2,26,27,31,32). The maximum Gasteiger partial charge on any atom is 0.322 e. The quantitative estimate of drug-likeness (QED) is 0.672. The maximum absolute atomic E-state index is 13.5. The van der Waals surface area contributed by atoms with Crippen molar-refractivity contribution in [3.63, 3.8) is 0 Å². The van der Waals surface area contributed by atoms with Crippen molar-refractivity contribution >= 4 is 17.8 Å². The van der Waals surface area contributed by atoms with Gasteiger partial charge in [0.05, 0.1) is 6.04 Å². The van der Waals surface area contributed by atoms with E-state index in [2.05, 4.69) is 15.5 Å². The molecule has 2 aromatic carbocycles. The molecule has 9 heteroatoms. The van der Waals surface area contributed by atoms with Crippen LogP contribution >= 0.6 is 0 Å². The number of benzene rings is 2. The second-order valence-electron chi connectivity index (χ2n) is 7.98. The van der Waals surface area contributed by atoms with Gasteiger partial charge in [-0.25, -0.2) is 13.6 Å². The first-order valence-corrected chi connectivity index (χ1v) is 10.5. The minimum absolute atomic E-state index is 0.0706. The second kappa shape index (κ2) is 9.44. The molecule has 0 spiro atoms. The van der Waals surface area contributed by atoms with E-state index in [1.54, 1.807) is 29.2 Å². The number of imide groups is 1. The summed E-state index contributed by atoms with van der Waals surface area (Å²) in [7, 11) is 0. The van der Waals surface area contributed by atoms with Gasteiger partial charge in [-0.1, -0.05) is 24.3 Å². The first kappa shape index (κ1) is 21.9. The minimum atomic E-state index is -0.672. The van der Waals surface area contributed by atoms with Crippen molar-refractivity contribution < 1.29 is 23.2 Å². The van der Waals surface area contributed by atoms with E-state index in [4.69, 9.17) is 0 Å². The van der Waals surface area contributed by atoms with Crippen LogP contribution in [0.1, 0.15) is 30.0 Å². The molecular weight excluding hydrogens is 418 g/mol. The average Bonchev–Trinajstić information content (AvgIpc) is 3.12. The van der Waals surface area contributed by atoms with Crippen LogP contribution in [0, 0.1) is 11.6 Å². The van der Waals surface area contributed by atoms with Crippen molar-refractivity contribution in [1.29, 1.82) is 0 Å². The van der Waals surface area contributed by atoms with Crippen molar-refractivity contribution in [3.8, 4) is 0 Å². The van der Waals surface area contributed by atoms with Crippen LogP contribution in [0.3, 0.4) is 0 Å². The van der Waals surface area contributed by atoms with E-state index in [0.717, 1.165) is 11.1 Å². The Hall–Kier alpha value is -3.33. The van der Waals surface area contributed by atoms with Gasteiger partial charge < -0.3 is 10.2 Å². The number of halogens is 2. The van der Waals surface area contributed by atoms with Crippen molar-refractivity contribution in [2.75, 3.05) is 26.2 Å². The summed E-state index contributed by atoms with van der Waals surface area (Å²) < 4.78 is 26.9. The van der Waals surface area contributed by atoms with E-state index >= 15 is 0 Å². The van der Waals surface area contributed by atoms with Crippen molar-refractivity contribution in [2.24, 2.45) is 0 Å². The summed E-state index contributed by atoms with van der Waals surface area (Å²) in [6.45, 7) is 2.18. The smallest absolute Gasteiger partial charge is 0.322 e. The lowest BCUT2D eigenvalue weighted by Crippen LogP contribution is -2.50. The molecule has 32 heavy (non-hydrogen) atoms. The Morgan fingerprint density at radius 2 is 1.44 bits per heavy atom. The normalized spacial score (nSPS) is 19.2. The van der Waals surface area contributed by atoms with Crippen LogP contribution < -0.4 is 10.6 Å². The molecule has 1 unspecified atom stereocenters. The fraction of sp³-hybridized carbons (Fsp3) is 0.348. The van der Waals surface area contributed by atoms with Crippen LogP contribution in [0.5, 0.6) is 0 Å². The van der Waals surface area contributed by atoms with Gasteiger partial charge >= 0.3 is 6.03 Å². The molecule has 4 rings (SSSR count). The number of carbonyl (C=O) groups excluding carboxylic acids is 3. The SMILES string of the molecule is O=C1NC(=O)C(CCC(=O)N2CCN(C(c3ccc(F)cc3)c3ccc(F)cc3)CC2)N1. The van der Waals surface area contributed by atoms with Gasteiger partial charge in [-0.15, -0.1) is 0 Å². The fourth-order valence-electron chi connectivity index (χ4n) is 4.22. The Kier molecular flexibility index (Phi) is 6.45. The minimum Gasteiger partial charge on any atom is -0.340 e. The van der Waals surface area contributed by atoms with Crippen molar-refractivity contribution in [3.05, 3.63) is 71.3 Å². The van der Waals surface area contributed by atoms with Crippen LogP contribution in [0.25, 0.3) is 0 Å². The number of rotatable bonds is 6. The summed E-state index contributed by atoms with van der Waals surface area (Å²) in [6, 6.07) is 11.1. The molecule has 0 bridgehead atoms. The van der Waals surface area contributed by atoms with Crippen LogP contribution in [-0.4, -0.2) is 59.9 Å². The van der Waals surface area contributed by atoms with Crippen LogP contribution in [0.4, 0.5) is 13.6 Å². The number of hydrogen-bond donors (Lipinski definition) is 2. The first-order valence-electron chi connectivity index (χ1n) is 10.5. The number of piperazine rings is 1. The lowest BCUT2D eigenvalue weighted by atomic mass is 9.96. The number of hydrogen-bond acceptors (Lipinski definition) is 4. The van der Waals surface area contributed by atoms with Gasteiger partial charge in [-0.05, 0) is 41.8 Å². The molecular formula is C23H24F2N4O3. The highest BCUT2D eigenvalue weighted by atomic mass is 19.1. The highest BCUT2D eigenvalue weighted by Gasteiger charge is 2.32. The van der Waals surface area contributed by atoms with Crippen molar-refractivity contribution in [2.45, 2.75) is 24.9 Å². The topological polar surface area (TPSA) is 81.8 Å². The molecule has 2 aliphatic rings. The molecule has 0 aromatic heterocycles.